The van der Waals surface area contributed by atoms with Gasteiger partial charge in [0.2, 0.25) is 0 Å². The number of nitrogens with two attached hydrogens (primary N) is 1. The maximum Gasteiger partial charge on any atom is 0.338 e. The lowest BCUT2D eigenvalue weighted by atomic mass is 10.2. The van der Waals surface area contributed by atoms with Crippen molar-refractivity contribution in [2.24, 2.45) is 5.84 Å². The number of esters is 1. The van der Waals surface area contributed by atoms with Gasteiger partial charge < -0.3 is 10.2 Å². The van der Waals surface area contributed by atoms with Crippen LogP contribution in [-0.4, -0.2) is 18.8 Å². The first kappa shape index (κ1) is 11.9. The smallest absolute Gasteiger partial charge is 0.338 e. The van der Waals surface area contributed by atoms with E-state index in [0.717, 1.165) is 10.6 Å². The molecule has 0 fully saturated rings. The molecule has 15 heavy (non-hydrogen) atoms. The Labute approximate surface area is 93.1 Å². The summed E-state index contributed by atoms with van der Waals surface area (Å²) in [5.41, 5.74) is 3.91. The van der Waals surface area contributed by atoms with E-state index in [1.807, 2.05) is 6.26 Å². The van der Waals surface area contributed by atoms with E-state index >= 15 is 0 Å². The molecule has 3 N–H and O–H groups in total. The van der Waals surface area contributed by atoms with Gasteiger partial charge in [-0.3, -0.25) is 5.84 Å². The van der Waals surface area contributed by atoms with Gasteiger partial charge >= 0.3 is 5.97 Å². The number of hydrogen-bond acceptors (Lipinski definition) is 5. The van der Waals surface area contributed by atoms with Crippen LogP contribution < -0.4 is 11.3 Å². The summed E-state index contributed by atoms with van der Waals surface area (Å²) in [6.07, 6.45) is 1.92. The van der Waals surface area contributed by atoms with E-state index in [1.54, 1.807) is 25.1 Å². The van der Waals surface area contributed by atoms with Gasteiger partial charge in [0.25, 0.3) is 0 Å². The van der Waals surface area contributed by atoms with E-state index in [-0.39, 0.29) is 5.97 Å². The largest absolute Gasteiger partial charge is 0.462 e. The minimum Gasteiger partial charge on any atom is -0.462 e. The van der Waals surface area contributed by atoms with E-state index in [0.29, 0.717) is 12.2 Å². The van der Waals surface area contributed by atoms with Crippen molar-refractivity contribution in [2.45, 2.75) is 11.8 Å². The molecule has 0 unspecified atom stereocenters. The van der Waals surface area contributed by atoms with Crippen molar-refractivity contribution >= 4 is 23.4 Å². The summed E-state index contributed by atoms with van der Waals surface area (Å²) in [7, 11) is 0. The molecule has 0 aliphatic rings. The van der Waals surface area contributed by atoms with E-state index < -0.39 is 0 Å². The molecule has 0 saturated carbocycles. The third-order valence-corrected chi connectivity index (χ3v) is 2.65. The molecule has 5 heteroatoms. The van der Waals surface area contributed by atoms with Gasteiger partial charge in [0.05, 0.1) is 17.9 Å². The molecule has 0 aromatic heterocycles. The van der Waals surface area contributed by atoms with Crippen LogP contribution in [0, 0.1) is 0 Å². The summed E-state index contributed by atoms with van der Waals surface area (Å²) in [5.74, 6) is 5.02. The number of hydrogen-bond donors (Lipinski definition) is 2. The summed E-state index contributed by atoms with van der Waals surface area (Å²) in [5, 5.41) is 0. The summed E-state index contributed by atoms with van der Waals surface area (Å²) in [6, 6.07) is 5.21. The molecule has 0 aliphatic carbocycles. The topological polar surface area (TPSA) is 64.3 Å². The van der Waals surface area contributed by atoms with Crippen molar-refractivity contribution in [1.82, 2.24) is 0 Å². The Hall–Kier alpha value is -1.20. The number of benzene rings is 1. The minimum atomic E-state index is -0.309. The Kier molecular flexibility index (Phi) is 4.45. The lowest BCUT2D eigenvalue weighted by molar-refractivity contribution is 0.0526. The zero-order valence-corrected chi connectivity index (χ0v) is 9.56. The van der Waals surface area contributed by atoms with Crippen molar-refractivity contribution in [3.8, 4) is 0 Å². The summed E-state index contributed by atoms with van der Waals surface area (Å²) in [6.45, 7) is 2.16. The molecule has 0 radical (unpaired) electrons. The molecule has 0 amide bonds. The third kappa shape index (κ3) is 2.87. The number of carbonyl (C=O) groups is 1. The highest BCUT2D eigenvalue weighted by Crippen LogP contribution is 2.25. The van der Waals surface area contributed by atoms with Gasteiger partial charge in [-0.2, -0.15) is 0 Å². The SMILES string of the molecule is CCOC(=O)c1ccc(NN)c(SC)c1. The van der Waals surface area contributed by atoms with E-state index in [9.17, 15) is 4.79 Å². The van der Waals surface area contributed by atoms with Gasteiger partial charge in [-0.05, 0) is 31.4 Å². The van der Waals surface area contributed by atoms with Crippen LogP contribution in [0.25, 0.3) is 0 Å². The normalized spacial score (nSPS) is 9.80. The van der Waals surface area contributed by atoms with Gasteiger partial charge in [-0.1, -0.05) is 0 Å². The number of hydrazine groups is 1. The molecule has 0 aliphatic heterocycles. The van der Waals surface area contributed by atoms with Crippen molar-refractivity contribution < 1.29 is 9.53 Å². The van der Waals surface area contributed by atoms with Crippen LogP contribution >= 0.6 is 11.8 Å². The first-order valence-corrected chi connectivity index (χ1v) is 5.77. The average molecular weight is 226 g/mol. The highest BCUT2D eigenvalue weighted by molar-refractivity contribution is 7.98. The predicted molar refractivity (Wildman–Crippen MR) is 62.0 cm³/mol. The number of nitrogen functional groups attached to an aromatic ring is 1. The van der Waals surface area contributed by atoms with Crippen LogP contribution in [0.5, 0.6) is 0 Å². The van der Waals surface area contributed by atoms with E-state index in [1.165, 1.54) is 11.8 Å². The second-order valence-electron chi connectivity index (χ2n) is 2.78. The molecule has 0 saturated heterocycles. The maximum atomic E-state index is 11.4. The Bertz CT molecular complexity index is 355. The Morgan fingerprint density at radius 3 is 2.87 bits per heavy atom. The van der Waals surface area contributed by atoms with Gasteiger partial charge in [-0.25, -0.2) is 4.79 Å². The summed E-state index contributed by atoms with van der Waals surface area (Å²) >= 11 is 1.52. The van der Waals surface area contributed by atoms with Crippen molar-refractivity contribution in [3.63, 3.8) is 0 Å². The fourth-order valence-electron chi connectivity index (χ4n) is 1.15. The number of nitrogens with one attached hydrogen (secondary N) is 1. The van der Waals surface area contributed by atoms with Gasteiger partial charge in [0.1, 0.15) is 0 Å². The van der Waals surface area contributed by atoms with Crippen LogP contribution in [0.4, 0.5) is 5.69 Å². The molecule has 4 nitrogen and oxygen atoms in total. The minimum absolute atomic E-state index is 0.309. The Morgan fingerprint density at radius 1 is 1.60 bits per heavy atom. The quantitative estimate of drug-likeness (QED) is 0.355. The van der Waals surface area contributed by atoms with Gasteiger partial charge in [-0.15, -0.1) is 11.8 Å². The highest BCUT2D eigenvalue weighted by Gasteiger charge is 2.09. The lowest BCUT2D eigenvalue weighted by Crippen LogP contribution is -2.09. The van der Waals surface area contributed by atoms with Crippen LogP contribution in [0.1, 0.15) is 17.3 Å². The number of ether oxygens (including phenoxy) is 1. The number of thioether (sulfide) groups is 1. The molecule has 0 bridgehead atoms. The van der Waals surface area contributed by atoms with E-state index in [2.05, 4.69) is 5.43 Å². The molecule has 0 spiro atoms. The van der Waals surface area contributed by atoms with Crippen molar-refractivity contribution in [3.05, 3.63) is 23.8 Å². The predicted octanol–water partition coefficient (Wildman–Crippen LogP) is 1.87. The second-order valence-corrected chi connectivity index (χ2v) is 3.63. The zero-order valence-electron chi connectivity index (χ0n) is 8.74. The van der Waals surface area contributed by atoms with E-state index in [4.69, 9.17) is 10.6 Å². The summed E-state index contributed by atoms with van der Waals surface area (Å²) in [4.78, 5) is 12.3. The maximum absolute atomic E-state index is 11.4. The number of anilines is 1. The third-order valence-electron chi connectivity index (χ3n) is 1.87. The van der Waals surface area contributed by atoms with Crippen LogP contribution in [-0.2, 0) is 4.74 Å². The number of rotatable bonds is 4. The molecular formula is C10H14N2O2S. The molecule has 1 aromatic carbocycles. The number of carbonyl (C=O) groups excluding carboxylic acids is 1. The zero-order chi connectivity index (χ0) is 11.3. The molecule has 0 heterocycles. The van der Waals surface area contributed by atoms with Gasteiger partial charge in [0.15, 0.2) is 0 Å². The molecule has 1 aromatic rings. The first-order chi connectivity index (χ1) is 7.22. The van der Waals surface area contributed by atoms with Crippen LogP contribution in [0.15, 0.2) is 23.1 Å². The molecule has 0 atom stereocenters. The monoisotopic (exact) mass is 226 g/mol. The van der Waals surface area contributed by atoms with Crippen molar-refractivity contribution in [2.75, 3.05) is 18.3 Å². The average Bonchev–Trinajstić information content (AvgIpc) is 2.28. The molecule has 82 valence electrons. The van der Waals surface area contributed by atoms with Gasteiger partial charge in [0, 0.05) is 4.90 Å². The second kappa shape index (κ2) is 5.63. The first-order valence-electron chi connectivity index (χ1n) is 4.54. The Balaban J connectivity index is 2.97. The standard InChI is InChI=1S/C10H14N2O2S/c1-3-14-10(13)7-4-5-8(12-11)9(6-7)15-2/h4-6,12H,3,11H2,1-2H3. The fourth-order valence-corrected chi connectivity index (χ4v) is 1.74. The van der Waals surface area contributed by atoms with Crippen molar-refractivity contribution in [1.29, 1.82) is 0 Å². The Morgan fingerprint density at radius 2 is 2.33 bits per heavy atom. The lowest BCUT2D eigenvalue weighted by Gasteiger charge is -2.08. The summed E-state index contributed by atoms with van der Waals surface area (Å²) < 4.78 is 4.90. The molecule has 1 rings (SSSR count). The fraction of sp³-hybridized carbons (Fsp3) is 0.300. The molecular weight excluding hydrogens is 212 g/mol. The van der Waals surface area contributed by atoms with Crippen LogP contribution in [0.2, 0.25) is 0 Å². The highest BCUT2D eigenvalue weighted by atomic mass is 32.2. The van der Waals surface area contributed by atoms with Crippen LogP contribution in [0.3, 0.4) is 0 Å².